The van der Waals surface area contributed by atoms with Crippen molar-refractivity contribution in [1.82, 2.24) is 0 Å². The molecule has 3 nitrogen and oxygen atoms in total. The Balaban J connectivity index is 2.60. The number of hydrogen-bond acceptors (Lipinski definition) is 4. The maximum Gasteiger partial charge on any atom is 0.315 e. The molecule has 0 saturated carbocycles. The van der Waals surface area contributed by atoms with E-state index in [2.05, 4.69) is 4.74 Å². The Morgan fingerprint density at radius 2 is 2.12 bits per heavy atom. The summed E-state index contributed by atoms with van der Waals surface area (Å²) in [6.07, 6.45) is 0. The zero-order valence-electron chi connectivity index (χ0n) is 8.98. The predicted molar refractivity (Wildman–Crippen MR) is 67.7 cm³/mol. The van der Waals surface area contributed by atoms with Gasteiger partial charge < -0.3 is 10.5 Å². The fourth-order valence-corrected chi connectivity index (χ4v) is 2.27. The van der Waals surface area contributed by atoms with Crippen molar-refractivity contribution in [3.63, 3.8) is 0 Å². The second-order valence-corrected chi connectivity index (χ2v) is 4.79. The van der Waals surface area contributed by atoms with Gasteiger partial charge in [0.25, 0.3) is 0 Å². The number of carbonyl (C=O) groups is 1. The SMILES string of the molecule is COC(=O)CSC(CN)c1ccc(Cl)cc1. The summed E-state index contributed by atoms with van der Waals surface area (Å²) in [5.41, 5.74) is 6.73. The highest BCUT2D eigenvalue weighted by Gasteiger charge is 2.12. The van der Waals surface area contributed by atoms with Gasteiger partial charge in [-0.25, -0.2) is 0 Å². The summed E-state index contributed by atoms with van der Waals surface area (Å²) in [4.78, 5) is 11.0. The largest absolute Gasteiger partial charge is 0.468 e. The van der Waals surface area contributed by atoms with Gasteiger partial charge in [-0.15, -0.1) is 11.8 Å². The number of rotatable bonds is 5. The smallest absolute Gasteiger partial charge is 0.315 e. The van der Waals surface area contributed by atoms with Crippen LogP contribution >= 0.6 is 23.4 Å². The number of benzene rings is 1. The van der Waals surface area contributed by atoms with Crippen LogP contribution in [-0.2, 0) is 9.53 Å². The van der Waals surface area contributed by atoms with Crippen LogP contribution in [0.15, 0.2) is 24.3 Å². The number of carbonyl (C=O) groups excluding carboxylic acids is 1. The molecule has 5 heteroatoms. The van der Waals surface area contributed by atoms with Crippen LogP contribution in [0.5, 0.6) is 0 Å². The molecular formula is C11H14ClNO2S. The Labute approximate surface area is 104 Å². The Morgan fingerprint density at radius 1 is 1.50 bits per heavy atom. The van der Waals surface area contributed by atoms with E-state index in [4.69, 9.17) is 17.3 Å². The fraction of sp³-hybridized carbons (Fsp3) is 0.364. The van der Waals surface area contributed by atoms with E-state index in [1.807, 2.05) is 24.3 Å². The molecule has 0 saturated heterocycles. The number of ether oxygens (including phenoxy) is 1. The van der Waals surface area contributed by atoms with Crippen LogP contribution in [0.25, 0.3) is 0 Å². The van der Waals surface area contributed by atoms with Gasteiger partial charge in [0.1, 0.15) is 0 Å². The lowest BCUT2D eigenvalue weighted by molar-refractivity contribution is -0.137. The molecule has 0 aliphatic carbocycles. The minimum Gasteiger partial charge on any atom is -0.468 e. The van der Waals surface area contributed by atoms with Crippen LogP contribution in [-0.4, -0.2) is 25.4 Å². The van der Waals surface area contributed by atoms with E-state index in [-0.39, 0.29) is 11.2 Å². The van der Waals surface area contributed by atoms with Crippen molar-refractivity contribution in [3.05, 3.63) is 34.9 Å². The van der Waals surface area contributed by atoms with Crippen molar-refractivity contribution in [2.45, 2.75) is 5.25 Å². The third-order valence-corrected chi connectivity index (χ3v) is 3.61. The van der Waals surface area contributed by atoms with Gasteiger partial charge in [0.05, 0.1) is 12.9 Å². The monoisotopic (exact) mass is 259 g/mol. The van der Waals surface area contributed by atoms with Crippen molar-refractivity contribution < 1.29 is 9.53 Å². The minimum absolute atomic E-state index is 0.0939. The van der Waals surface area contributed by atoms with Crippen LogP contribution in [0.3, 0.4) is 0 Å². The molecule has 1 rings (SSSR count). The maximum atomic E-state index is 11.0. The van der Waals surface area contributed by atoms with E-state index in [1.165, 1.54) is 18.9 Å². The lowest BCUT2D eigenvalue weighted by Gasteiger charge is -2.14. The molecular weight excluding hydrogens is 246 g/mol. The molecule has 1 aromatic rings. The fourth-order valence-electron chi connectivity index (χ4n) is 1.21. The van der Waals surface area contributed by atoms with Gasteiger partial charge in [0.15, 0.2) is 0 Å². The molecule has 0 aliphatic rings. The third-order valence-electron chi connectivity index (χ3n) is 2.09. The molecule has 0 aliphatic heterocycles. The highest BCUT2D eigenvalue weighted by Crippen LogP contribution is 2.28. The van der Waals surface area contributed by atoms with E-state index in [1.54, 1.807) is 0 Å². The number of methoxy groups -OCH3 is 1. The first-order valence-corrected chi connectivity index (χ1v) is 6.24. The molecule has 2 N–H and O–H groups in total. The van der Waals surface area contributed by atoms with Crippen LogP contribution in [0.2, 0.25) is 5.02 Å². The highest BCUT2D eigenvalue weighted by atomic mass is 35.5. The van der Waals surface area contributed by atoms with Gasteiger partial charge in [-0.05, 0) is 17.7 Å². The average molecular weight is 260 g/mol. The molecule has 0 spiro atoms. The predicted octanol–water partition coefficient (Wildman–Crippen LogP) is 2.25. The Kier molecular flexibility index (Phi) is 5.66. The first kappa shape index (κ1) is 13.4. The van der Waals surface area contributed by atoms with Crippen LogP contribution in [0.1, 0.15) is 10.8 Å². The molecule has 0 radical (unpaired) electrons. The van der Waals surface area contributed by atoms with Gasteiger partial charge in [0.2, 0.25) is 0 Å². The zero-order chi connectivity index (χ0) is 12.0. The highest BCUT2D eigenvalue weighted by molar-refractivity contribution is 8.00. The summed E-state index contributed by atoms with van der Waals surface area (Å²) < 4.78 is 4.58. The van der Waals surface area contributed by atoms with Gasteiger partial charge in [0, 0.05) is 16.8 Å². The average Bonchev–Trinajstić information content (AvgIpc) is 2.31. The van der Waals surface area contributed by atoms with Crippen molar-refractivity contribution >= 4 is 29.3 Å². The summed E-state index contributed by atoms with van der Waals surface area (Å²) in [7, 11) is 1.38. The summed E-state index contributed by atoms with van der Waals surface area (Å²) >= 11 is 7.27. The molecule has 1 aromatic carbocycles. The lowest BCUT2D eigenvalue weighted by Crippen LogP contribution is -2.12. The first-order valence-electron chi connectivity index (χ1n) is 4.81. The summed E-state index contributed by atoms with van der Waals surface area (Å²) in [5, 5.41) is 0.786. The standard InChI is InChI=1S/C11H14ClNO2S/c1-15-11(14)7-16-10(6-13)8-2-4-9(12)5-3-8/h2-5,10H,6-7,13H2,1H3. The zero-order valence-corrected chi connectivity index (χ0v) is 10.6. The molecule has 1 atom stereocenters. The van der Waals surface area contributed by atoms with Gasteiger partial charge in [-0.2, -0.15) is 0 Å². The van der Waals surface area contributed by atoms with Crippen molar-refractivity contribution in [3.8, 4) is 0 Å². The molecule has 0 bridgehead atoms. The Hall–Kier alpha value is -0.710. The first-order chi connectivity index (χ1) is 7.67. The van der Waals surface area contributed by atoms with Crippen LogP contribution < -0.4 is 5.73 Å². The topological polar surface area (TPSA) is 52.3 Å². The maximum absolute atomic E-state index is 11.0. The van der Waals surface area contributed by atoms with E-state index < -0.39 is 0 Å². The molecule has 16 heavy (non-hydrogen) atoms. The number of esters is 1. The molecule has 0 aromatic heterocycles. The second-order valence-electron chi connectivity index (χ2n) is 3.16. The Bertz CT molecular complexity index is 342. The van der Waals surface area contributed by atoms with E-state index in [9.17, 15) is 4.79 Å². The number of thioether (sulfide) groups is 1. The van der Waals surface area contributed by atoms with E-state index in [0.717, 1.165) is 5.56 Å². The van der Waals surface area contributed by atoms with E-state index in [0.29, 0.717) is 17.3 Å². The quantitative estimate of drug-likeness (QED) is 0.824. The van der Waals surface area contributed by atoms with Gasteiger partial charge in [-0.3, -0.25) is 4.79 Å². The van der Waals surface area contributed by atoms with Crippen LogP contribution in [0.4, 0.5) is 0 Å². The van der Waals surface area contributed by atoms with Crippen molar-refractivity contribution in [1.29, 1.82) is 0 Å². The summed E-state index contributed by atoms with van der Waals surface area (Å²) in [5.74, 6) is 0.0680. The second kappa shape index (κ2) is 6.78. The normalized spacial score (nSPS) is 12.2. The number of halogens is 1. The van der Waals surface area contributed by atoms with Crippen molar-refractivity contribution in [2.24, 2.45) is 5.73 Å². The van der Waals surface area contributed by atoms with E-state index >= 15 is 0 Å². The van der Waals surface area contributed by atoms with Crippen LogP contribution in [0, 0.1) is 0 Å². The number of hydrogen-bond donors (Lipinski definition) is 1. The molecule has 0 heterocycles. The van der Waals surface area contributed by atoms with Gasteiger partial charge >= 0.3 is 5.97 Å². The molecule has 0 fully saturated rings. The number of nitrogens with two attached hydrogens (primary N) is 1. The third kappa shape index (κ3) is 4.04. The summed E-state index contributed by atoms with van der Waals surface area (Å²) in [6, 6.07) is 7.48. The summed E-state index contributed by atoms with van der Waals surface area (Å²) in [6.45, 7) is 0.475. The van der Waals surface area contributed by atoms with Gasteiger partial charge in [-0.1, -0.05) is 23.7 Å². The molecule has 1 unspecified atom stereocenters. The molecule has 88 valence electrons. The molecule has 0 amide bonds. The lowest BCUT2D eigenvalue weighted by atomic mass is 10.1. The minimum atomic E-state index is -0.239. The van der Waals surface area contributed by atoms with Crippen molar-refractivity contribution in [2.75, 3.05) is 19.4 Å². The Morgan fingerprint density at radius 3 is 2.62 bits per heavy atom.